The first-order valence-electron chi connectivity index (χ1n) is 0.258. The fourth-order valence-corrected chi connectivity index (χ4v) is 0. The Morgan fingerprint density at radius 3 is 1.17 bits per heavy atom. The van der Waals surface area contributed by atoms with E-state index in [1.165, 1.54) is 21.0 Å². The summed E-state index contributed by atoms with van der Waals surface area (Å²) in [7, 11) is 0. The zero-order valence-corrected chi connectivity index (χ0v) is 17.1. The predicted molar refractivity (Wildman–Crippen MR) is 17.1 cm³/mol. The van der Waals surface area contributed by atoms with Crippen LogP contribution in [0.2, 0.25) is 0 Å². The molecular weight excluding hydrogens is 733 g/mol. The SMILES string of the molecule is [BaH2].[Nb].[Ta][BiH2].[Ti].[Zn]. The fourth-order valence-electron chi connectivity index (χ4n) is 0. The molecule has 0 rings (SSSR count). The first kappa shape index (κ1) is 30.2. The smallest absolute Gasteiger partial charge is 0 e. The molecule has 0 nitrogen and oxygen atoms in total. The van der Waals surface area contributed by atoms with Crippen molar-refractivity contribution >= 4 is 69.8 Å². The summed E-state index contributed by atoms with van der Waals surface area (Å²) >= 11 is 2.89. The topological polar surface area (TPSA) is 0 Å². The minimum Gasteiger partial charge on any atom is 0 e. The van der Waals surface area contributed by atoms with Gasteiger partial charge in [0.25, 0.3) is 0 Å². The van der Waals surface area contributed by atoms with Crippen molar-refractivity contribution in [3.63, 3.8) is 0 Å². The minimum absolute atomic E-state index is 0. The standard InChI is InChI=1S/Ba.Bi.Nb.Ta.Ti.Zn.4H. The van der Waals surface area contributed by atoms with Crippen LogP contribution in [0.4, 0.5) is 0 Å². The van der Waals surface area contributed by atoms with Crippen LogP contribution in [0.15, 0.2) is 0 Å². The van der Waals surface area contributed by atoms with Crippen LogP contribution >= 0.6 is 0 Å². The molecule has 0 amide bonds. The van der Waals surface area contributed by atoms with Crippen LogP contribution in [0.5, 0.6) is 0 Å². The van der Waals surface area contributed by atoms with Crippen LogP contribution in [0, 0.1) is 0 Å². The van der Waals surface area contributed by atoms with E-state index in [-0.39, 0.29) is 112 Å². The third-order valence-corrected chi connectivity index (χ3v) is 0. The van der Waals surface area contributed by atoms with Gasteiger partial charge in [-0.05, 0) is 0 Å². The van der Waals surface area contributed by atoms with Gasteiger partial charge >= 0.3 is 86.5 Å². The van der Waals surface area contributed by atoms with E-state index in [1.54, 1.807) is 16.7 Å². The Morgan fingerprint density at radius 2 is 1.17 bits per heavy atom. The molecule has 0 saturated carbocycles. The average molecular weight is 737 g/mol. The van der Waals surface area contributed by atoms with Gasteiger partial charge in [0.15, 0.2) is 0 Å². The van der Waals surface area contributed by atoms with Crippen molar-refractivity contribution in [3.8, 4) is 0 Å². The predicted octanol–water partition coefficient (Wildman–Crippen LogP) is -1.84. The maximum Gasteiger partial charge on any atom is 0 e. The van der Waals surface area contributed by atoms with Crippen molar-refractivity contribution in [3.05, 3.63) is 0 Å². The van der Waals surface area contributed by atoms with Gasteiger partial charge in [-0.3, -0.25) is 0 Å². The van der Waals surface area contributed by atoms with E-state index in [2.05, 4.69) is 0 Å². The molecule has 0 aliphatic heterocycles. The van der Waals surface area contributed by atoms with Gasteiger partial charge in [0.05, 0.1) is 0 Å². The van der Waals surface area contributed by atoms with E-state index in [0.29, 0.717) is 0 Å². The summed E-state index contributed by atoms with van der Waals surface area (Å²) in [6.45, 7) is 0. The molecule has 1 radical (unpaired) electrons. The monoisotopic (exact) mass is 737 g/mol. The Bertz CT molecular complexity index is 15.5. The summed E-state index contributed by atoms with van der Waals surface area (Å²) < 4.78 is 0. The maximum atomic E-state index is 1.61. The van der Waals surface area contributed by atoms with Crippen LogP contribution in [0.1, 0.15) is 0 Å². The molecule has 0 aliphatic carbocycles. The first-order chi connectivity index (χ1) is 1.00. The molecular formula is H4BaBiNbTaTiZn. The molecule has 0 aliphatic rings. The van der Waals surface area contributed by atoms with Crippen molar-refractivity contribution < 1.29 is 80.3 Å². The van der Waals surface area contributed by atoms with Crippen molar-refractivity contribution in [2.24, 2.45) is 0 Å². The third-order valence-electron chi connectivity index (χ3n) is 0. The van der Waals surface area contributed by atoms with Crippen LogP contribution in [-0.4, -0.2) is 69.8 Å². The largest absolute Gasteiger partial charge is 0 e. The van der Waals surface area contributed by atoms with Gasteiger partial charge in [0, 0.05) is 63.6 Å². The van der Waals surface area contributed by atoms with Gasteiger partial charge in [0.1, 0.15) is 0 Å². The van der Waals surface area contributed by atoms with Crippen LogP contribution < -0.4 is 0 Å². The van der Waals surface area contributed by atoms with Crippen LogP contribution in [0.25, 0.3) is 0 Å². The molecule has 0 N–H and O–H groups in total. The number of hydrogen-bond donors (Lipinski definition) is 0. The molecule has 6 heteroatoms. The maximum absolute atomic E-state index is 1.61. The molecule has 0 atom stereocenters. The van der Waals surface area contributed by atoms with Gasteiger partial charge in [-0.25, -0.2) is 0 Å². The second-order valence-corrected chi connectivity index (χ2v) is 0. The molecule has 0 heterocycles. The summed E-state index contributed by atoms with van der Waals surface area (Å²) in [5.74, 6) is 0. The van der Waals surface area contributed by atoms with Gasteiger partial charge in [-0.2, -0.15) is 0 Å². The van der Waals surface area contributed by atoms with Gasteiger partial charge in [0.2, 0.25) is 0 Å². The second-order valence-electron chi connectivity index (χ2n) is 0. The van der Waals surface area contributed by atoms with Crippen molar-refractivity contribution in [2.45, 2.75) is 0 Å². The summed E-state index contributed by atoms with van der Waals surface area (Å²) in [5, 5.41) is 0. The molecule has 0 saturated heterocycles. The first-order valence-corrected chi connectivity index (χ1v) is 18.5. The Kier molecular flexibility index (Phi) is 160. The zero-order valence-electron chi connectivity index (χ0n) is 2.68. The molecule has 6 heavy (non-hydrogen) atoms. The number of hydrogen-bond acceptors (Lipinski definition) is 0. The van der Waals surface area contributed by atoms with Gasteiger partial charge < -0.3 is 0 Å². The molecule has 0 spiro atoms. The summed E-state index contributed by atoms with van der Waals surface area (Å²) in [6.07, 6.45) is 0. The summed E-state index contributed by atoms with van der Waals surface area (Å²) in [4.78, 5) is 0. The van der Waals surface area contributed by atoms with Crippen LogP contribution in [0.3, 0.4) is 0 Å². The van der Waals surface area contributed by atoms with E-state index in [9.17, 15) is 0 Å². The van der Waals surface area contributed by atoms with E-state index < -0.39 is 0 Å². The van der Waals surface area contributed by atoms with Crippen molar-refractivity contribution in [2.75, 3.05) is 0 Å². The van der Waals surface area contributed by atoms with Gasteiger partial charge in [-0.15, -0.1) is 0 Å². The normalized spacial score (nSPS) is 0.833. The third kappa shape index (κ3) is 22.8. The molecule has 0 aromatic heterocycles. The zero-order chi connectivity index (χ0) is 2.00. The van der Waals surface area contributed by atoms with Crippen molar-refractivity contribution in [1.29, 1.82) is 0 Å². The molecule has 0 aromatic rings. The Morgan fingerprint density at radius 1 is 1.17 bits per heavy atom. The molecule has 0 aromatic carbocycles. The Hall–Kier alpha value is 5.27. The van der Waals surface area contributed by atoms with Crippen LogP contribution in [-0.2, 0) is 80.3 Å². The minimum atomic E-state index is 0. The van der Waals surface area contributed by atoms with E-state index in [1.807, 2.05) is 0 Å². The quantitative estimate of drug-likeness (QED) is 0.257. The summed E-state index contributed by atoms with van der Waals surface area (Å²) in [5.41, 5.74) is 0. The van der Waals surface area contributed by atoms with E-state index in [0.717, 1.165) is 0 Å². The second kappa shape index (κ2) is 31.8. The van der Waals surface area contributed by atoms with E-state index in [4.69, 9.17) is 0 Å². The Labute approximate surface area is 145 Å². The van der Waals surface area contributed by atoms with Crippen molar-refractivity contribution in [1.82, 2.24) is 0 Å². The fraction of sp³-hybridized carbons (Fsp3) is 0. The number of rotatable bonds is 0. The van der Waals surface area contributed by atoms with E-state index >= 15 is 0 Å². The molecule has 0 fully saturated rings. The summed E-state index contributed by atoms with van der Waals surface area (Å²) in [6, 6.07) is 0. The molecule has 27 valence electrons. The Balaban J connectivity index is -0.000000000833. The molecule has 0 bridgehead atoms. The average Bonchev–Trinajstić information content (AvgIpc) is 1.00. The molecule has 0 unspecified atom stereocenters. The van der Waals surface area contributed by atoms with Gasteiger partial charge in [-0.1, -0.05) is 0 Å².